The standard InChI is InChI=1S/C20H23NO2/c1-13-6-8-15(9-7-13)17-11-16-12-19(22)23-20(16)18-5-3-4-10-21(18)14(17)2/h6-9,11-12,14,18,20H,3-5,10H2,1-2H3/t14-,18?,20?/m0/s1. The topological polar surface area (TPSA) is 29.5 Å². The molecule has 0 saturated carbocycles. The molecule has 1 aromatic rings. The van der Waals surface area contributed by atoms with E-state index in [0.29, 0.717) is 12.1 Å². The van der Waals surface area contributed by atoms with E-state index in [4.69, 9.17) is 4.74 Å². The zero-order valence-corrected chi connectivity index (χ0v) is 13.8. The Morgan fingerprint density at radius 1 is 1.13 bits per heavy atom. The summed E-state index contributed by atoms with van der Waals surface area (Å²) in [6, 6.07) is 9.35. The van der Waals surface area contributed by atoms with Gasteiger partial charge in [-0.05, 0) is 50.4 Å². The fourth-order valence-corrected chi connectivity index (χ4v) is 4.20. The van der Waals surface area contributed by atoms with Crippen LogP contribution in [0.2, 0.25) is 0 Å². The van der Waals surface area contributed by atoms with Crippen molar-refractivity contribution in [2.75, 3.05) is 6.54 Å². The van der Waals surface area contributed by atoms with Crippen LogP contribution in [0.25, 0.3) is 5.57 Å². The summed E-state index contributed by atoms with van der Waals surface area (Å²) >= 11 is 0. The van der Waals surface area contributed by atoms with E-state index in [1.165, 1.54) is 29.5 Å². The van der Waals surface area contributed by atoms with Crippen molar-refractivity contribution in [1.82, 2.24) is 4.90 Å². The minimum absolute atomic E-state index is 0.0896. The fraction of sp³-hybridized carbons (Fsp3) is 0.450. The van der Waals surface area contributed by atoms with E-state index < -0.39 is 0 Å². The second-order valence-electron chi connectivity index (χ2n) is 6.94. The van der Waals surface area contributed by atoms with Crippen LogP contribution < -0.4 is 0 Å². The molecule has 0 bridgehead atoms. The Kier molecular flexibility index (Phi) is 3.61. The molecule has 0 radical (unpaired) electrons. The lowest BCUT2D eigenvalue weighted by atomic mass is 9.93. The van der Waals surface area contributed by atoms with Gasteiger partial charge in [-0.25, -0.2) is 4.79 Å². The molecule has 3 heterocycles. The second kappa shape index (κ2) is 5.64. The van der Waals surface area contributed by atoms with Crippen molar-refractivity contribution in [1.29, 1.82) is 0 Å². The van der Waals surface area contributed by atoms with Crippen molar-refractivity contribution in [3.05, 3.63) is 53.1 Å². The van der Waals surface area contributed by atoms with Gasteiger partial charge in [-0.2, -0.15) is 0 Å². The zero-order chi connectivity index (χ0) is 16.0. The molecular formula is C20H23NO2. The smallest absolute Gasteiger partial charge is 0.331 e. The first-order valence-electron chi connectivity index (χ1n) is 8.60. The molecule has 4 rings (SSSR count). The van der Waals surface area contributed by atoms with E-state index >= 15 is 0 Å². The molecule has 3 atom stereocenters. The summed E-state index contributed by atoms with van der Waals surface area (Å²) < 4.78 is 5.65. The molecular weight excluding hydrogens is 286 g/mol. The largest absolute Gasteiger partial charge is 0.453 e. The third-order valence-corrected chi connectivity index (χ3v) is 5.45. The molecule has 3 heteroatoms. The first-order chi connectivity index (χ1) is 11.1. The molecule has 1 fully saturated rings. The molecule has 0 amide bonds. The molecule has 0 spiro atoms. The summed E-state index contributed by atoms with van der Waals surface area (Å²) in [7, 11) is 0. The summed E-state index contributed by atoms with van der Waals surface area (Å²) in [5.41, 5.74) is 4.85. The molecule has 1 aromatic carbocycles. The molecule has 1 saturated heterocycles. The van der Waals surface area contributed by atoms with Crippen molar-refractivity contribution >= 4 is 11.5 Å². The lowest BCUT2D eigenvalue weighted by molar-refractivity contribution is -0.142. The summed E-state index contributed by atoms with van der Waals surface area (Å²) in [5.74, 6) is -0.190. The average molecular weight is 309 g/mol. The maximum atomic E-state index is 11.8. The highest BCUT2D eigenvalue weighted by Crippen LogP contribution is 2.38. The predicted octanol–water partition coefficient (Wildman–Crippen LogP) is 3.49. The van der Waals surface area contributed by atoms with Crippen LogP contribution in [0.5, 0.6) is 0 Å². The van der Waals surface area contributed by atoms with Crippen molar-refractivity contribution in [3.63, 3.8) is 0 Å². The molecule has 0 N–H and O–H groups in total. The van der Waals surface area contributed by atoms with Gasteiger partial charge in [-0.1, -0.05) is 36.2 Å². The van der Waals surface area contributed by atoms with Crippen LogP contribution in [0.3, 0.4) is 0 Å². The van der Waals surface area contributed by atoms with Gasteiger partial charge in [-0.3, -0.25) is 4.90 Å². The van der Waals surface area contributed by atoms with Crippen molar-refractivity contribution in [2.24, 2.45) is 0 Å². The molecule has 0 aromatic heterocycles. The van der Waals surface area contributed by atoms with Crippen LogP contribution in [0.15, 0.2) is 42.0 Å². The number of carbonyl (C=O) groups excluding carboxylic acids is 1. The number of benzene rings is 1. The summed E-state index contributed by atoms with van der Waals surface area (Å²) in [6.07, 6.45) is 7.34. The fourth-order valence-electron chi connectivity index (χ4n) is 4.20. The average Bonchev–Trinajstić information content (AvgIpc) is 2.88. The summed E-state index contributed by atoms with van der Waals surface area (Å²) in [5, 5.41) is 0. The number of hydrogen-bond acceptors (Lipinski definition) is 3. The Morgan fingerprint density at radius 2 is 1.91 bits per heavy atom. The van der Waals surface area contributed by atoms with Crippen LogP contribution in [-0.2, 0) is 9.53 Å². The van der Waals surface area contributed by atoms with Gasteiger partial charge in [-0.15, -0.1) is 0 Å². The lowest BCUT2D eigenvalue weighted by Crippen LogP contribution is -2.50. The van der Waals surface area contributed by atoms with Gasteiger partial charge >= 0.3 is 5.97 Å². The quantitative estimate of drug-likeness (QED) is 0.744. The monoisotopic (exact) mass is 309 g/mol. The molecule has 120 valence electrons. The van der Waals surface area contributed by atoms with E-state index in [9.17, 15) is 4.79 Å². The van der Waals surface area contributed by atoms with Crippen LogP contribution in [0.4, 0.5) is 0 Å². The zero-order valence-electron chi connectivity index (χ0n) is 13.8. The molecule has 3 aliphatic rings. The highest BCUT2D eigenvalue weighted by atomic mass is 16.5. The number of ether oxygens (including phenoxy) is 1. The van der Waals surface area contributed by atoms with Crippen LogP contribution >= 0.6 is 0 Å². The molecule has 23 heavy (non-hydrogen) atoms. The van der Waals surface area contributed by atoms with Gasteiger partial charge in [0.25, 0.3) is 0 Å². The number of rotatable bonds is 1. The number of aryl methyl sites for hydroxylation is 1. The number of hydrogen-bond donors (Lipinski definition) is 0. The highest BCUT2D eigenvalue weighted by Gasteiger charge is 2.42. The maximum absolute atomic E-state index is 11.8. The first kappa shape index (κ1) is 14.7. The minimum atomic E-state index is -0.190. The van der Waals surface area contributed by atoms with Crippen molar-refractivity contribution < 1.29 is 9.53 Å². The Balaban J connectivity index is 1.80. The Hall–Kier alpha value is -1.87. The van der Waals surface area contributed by atoms with Gasteiger partial charge in [0.2, 0.25) is 0 Å². The number of piperidine rings is 1. The number of esters is 1. The minimum Gasteiger partial charge on any atom is -0.453 e. The summed E-state index contributed by atoms with van der Waals surface area (Å²) in [6.45, 7) is 5.47. The van der Waals surface area contributed by atoms with E-state index in [1.807, 2.05) is 0 Å². The van der Waals surface area contributed by atoms with Crippen LogP contribution in [-0.4, -0.2) is 35.6 Å². The first-order valence-corrected chi connectivity index (χ1v) is 8.60. The number of nitrogens with zero attached hydrogens (tertiary/aromatic N) is 1. The van der Waals surface area contributed by atoms with Crippen molar-refractivity contribution in [3.8, 4) is 0 Å². The highest BCUT2D eigenvalue weighted by molar-refractivity contribution is 5.88. The van der Waals surface area contributed by atoms with E-state index in [1.54, 1.807) is 6.08 Å². The maximum Gasteiger partial charge on any atom is 0.331 e. The Labute approximate surface area is 137 Å². The third-order valence-electron chi connectivity index (χ3n) is 5.45. The summed E-state index contributed by atoms with van der Waals surface area (Å²) in [4.78, 5) is 14.4. The SMILES string of the molecule is Cc1ccc(C2=CC3=CC(=O)OC3C3CCCCN3[C@H]2C)cc1. The number of carbonyl (C=O) groups is 1. The van der Waals surface area contributed by atoms with E-state index in [0.717, 1.165) is 18.5 Å². The van der Waals surface area contributed by atoms with E-state index in [-0.39, 0.29) is 12.1 Å². The van der Waals surface area contributed by atoms with Gasteiger partial charge in [0.1, 0.15) is 6.10 Å². The second-order valence-corrected chi connectivity index (χ2v) is 6.94. The van der Waals surface area contributed by atoms with Crippen LogP contribution in [0, 0.1) is 6.92 Å². The lowest BCUT2D eigenvalue weighted by Gasteiger charge is -2.41. The van der Waals surface area contributed by atoms with Gasteiger partial charge < -0.3 is 4.74 Å². The van der Waals surface area contributed by atoms with Gasteiger partial charge in [0.15, 0.2) is 0 Å². The third kappa shape index (κ3) is 2.53. The van der Waals surface area contributed by atoms with Crippen LogP contribution in [0.1, 0.15) is 37.3 Å². The van der Waals surface area contributed by atoms with Gasteiger partial charge in [0.05, 0.1) is 6.04 Å². The predicted molar refractivity (Wildman–Crippen MR) is 90.9 cm³/mol. The molecule has 0 aliphatic carbocycles. The van der Waals surface area contributed by atoms with Gasteiger partial charge in [0, 0.05) is 17.7 Å². The van der Waals surface area contributed by atoms with E-state index in [2.05, 4.69) is 49.1 Å². The Morgan fingerprint density at radius 3 is 2.70 bits per heavy atom. The Bertz CT molecular complexity index is 686. The molecule has 3 nitrogen and oxygen atoms in total. The molecule has 2 unspecified atom stereocenters. The number of fused-ring (bicyclic) bond motifs is 3. The normalized spacial score (nSPS) is 30.7. The van der Waals surface area contributed by atoms with Crippen molar-refractivity contribution in [2.45, 2.75) is 51.3 Å². The molecule has 3 aliphatic heterocycles.